The predicted octanol–water partition coefficient (Wildman–Crippen LogP) is 0.195. The second kappa shape index (κ2) is 9.43. The van der Waals surface area contributed by atoms with Gasteiger partial charge in [0.2, 0.25) is 0 Å². The van der Waals surface area contributed by atoms with Crippen molar-refractivity contribution in [3.63, 3.8) is 0 Å². The highest BCUT2D eigenvalue weighted by molar-refractivity contribution is 5.25. The largest absolute Gasteiger partial charge is 0.394 e. The van der Waals surface area contributed by atoms with Gasteiger partial charge in [0.1, 0.15) is 29.5 Å². The van der Waals surface area contributed by atoms with Gasteiger partial charge in [-0.1, -0.05) is 66.7 Å². The lowest BCUT2D eigenvalue weighted by Crippen LogP contribution is -2.66. The van der Waals surface area contributed by atoms with Crippen LogP contribution in [0.5, 0.6) is 0 Å². The summed E-state index contributed by atoms with van der Waals surface area (Å²) < 4.78 is 0. The van der Waals surface area contributed by atoms with Crippen molar-refractivity contribution < 1.29 is 30.6 Å². The molecule has 6 N–H and O–H groups in total. The van der Waals surface area contributed by atoms with Crippen LogP contribution in [-0.4, -0.2) is 66.8 Å². The molecule has 2 rings (SSSR count). The van der Waals surface area contributed by atoms with Crippen LogP contribution in [0.3, 0.4) is 0 Å². The number of benzene rings is 2. The van der Waals surface area contributed by atoms with Crippen molar-refractivity contribution in [2.75, 3.05) is 6.61 Å². The average Bonchev–Trinajstić information content (AvgIpc) is 2.73. The van der Waals surface area contributed by atoms with Crippen LogP contribution in [0.4, 0.5) is 0 Å². The van der Waals surface area contributed by atoms with Crippen molar-refractivity contribution in [1.82, 2.24) is 0 Å². The maximum Gasteiger partial charge on any atom is 0.126 e. The minimum absolute atomic E-state index is 0.0719. The van der Waals surface area contributed by atoms with E-state index in [-0.39, 0.29) is 12.8 Å². The number of aliphatic hydroxyl groups is 6. The highest BCUT2D eigenvalue weighted by Crippen LogP contribution is 2.33. The van der Waals surface area contributed by atoms with Crippen molar-refractivity contribution >= 4 is 0 Å². The summed E-state index contributed by atoms with van der Waals surface area (Å²) in [7, 11) is 0. The molecule has 0 aliphatic carbocycles. The standard InChI is InChI=1S/C22H28O6/c1-2-21(27,13-16-9-5-3-6-10-16)20(26)22(28,19(25)18(24)15-23)14-17-11-7-4-8-12-17/h2-12,18-20,23-28H,1,13-15H2/t18-,19+,20+,21?,22+/m0/s1. The van der Waals surface area contributed by atoms with Crippen LogP contribution in [0.2, 0.25) is 0 Å². The Labute approximate surface area is 164 Å². The Kier molecular flexibility index (Phi) is 7.48. The normalized spacial score (nSPS) is 19.1. The zero-order valence-corrected chi connectivity index (χ0v) is 15.6. The fourth-order valence-corrected chi connectivity index (χ4v) is 3.35. The van der Waals surface area contributed by atoms with Gasteiger partial charge in [-0.3, -0.25) is 0 Å². The summed E-state index contributed by atoms with van der Waals surface area (Å²) in [6, 6.07) is 17.4. The molecule has 0 amide bonds. The first-order valence-electron chi connectivity index (χ1n) is 9.08. The lowest BCUT2D eigenvalue weighted by molar-refractivity contribution is -0.218. The van der Waals surface area contributed by atoms with E-state index in [1.54, 1.807) is 60.7 Å². The van der Waals surface area contributed by atoms with Gasteiger partial charge in [-0.25, -0.2) is 0 Å². The zero-order chi connectivity index (χ0) is 20.8. The van der Waals surface area contributed by atoms with E-state index in [0.717, 1.165) is 6.08 Å². The van der Waals surface area contributed by atoms with Crippen LogP contribution in [0, 0.1) is 0 Å². The second-order valence-electron chi connectivity index (χ2n) is 7.11. The molecule has 2 aromatic carbocycles. The molecule has 0 saturated heterocycles. The van der Waals surface area contributed by atoms with Crippen molar-refractivity contribution in [3.8, 4) is 0 Å². The third-order valence-corrected chi connectivity index (χ3v) is 5.02. The fourth-order valence-electron chi connectivity index (χ4n) is 3.35. The van der Waals surface area contributed by atoms with E-state index in [1.807, 2.05) is 0 Å². The van der Waals surface area contributed by atoms with Crippen LogP contribution in [0.25, 0.3) is 0 Å². The van der Waals surface area contributed by atoms with Gasteiger partial charge in [-0.2, -0.15) is 0 Å². The van der Waals surface area contributed by atoms with E-state index in [9.17, 15) is 30.6 Å². The zero-order valence-electron chi connectivity index (χ0n) is 15.6. The summed E-state index contributed by atoms with van der Waals surface area (Å²) in [6.07, 6.45) is -4.77. The molecule has 0 aliphatic heterocycles. The Bertz CT molecular complexity index is 737. The van der Waals surface area contributed by atoms with Gasteiger partial charge in [0.15, 0.2) is 0 Å². The van der Waals surface area contributed by atoms with Crippen LogP contribution >= 0.6 is 0 Å². The Morgan fingerprint density at radius 2 is 1.29 bits per heavy atom. The fraction of sp³-hybridized carbons (Fsp3) is 0.364. The van der Waals surface area contributed by atoms with Gasteiger partial charge in [-0.15, -0.1) is 6.58 Å². The molecule has 0 aliphatic rings. The number of aliphatic hydroxyl groups excluding tert-OH is 4. The van der Waals surface area contributed by atoms with Crippen LogP contribution in [0.15, 0.2) is 73.3 Å². The number of hydrogen-bond donors (Lipinski definition) is 6. The van der Waals surface area contributed by atoms with E-state index in [1.165, 1.54) is 0 Å². The van der Waals surface area contributed by atoms with Gasteiger partial charge in [0.25, 0.3) is 0 Å². The third-order valence-electron chi connectivity index (χ3n) is 5.02. The molecule has 0 aromatic heterocycles. The lowest BCUT2D eigenvalue weighted by atomic mass is 9.73. The molecule has 5 atom stereocenters. The molecule has 2 aromatic rings. The Morgan fingerprint density at radius 1 is 0.821 bits per heavy atom. The Morgan fingerprint density at radius 3 is 1.71 bits per heavy atom. The van der Waals surface area contributed by atoms with E-state index in [0.29, 0.717) is 11.1 Å². The SMILES string of the molecule is C=CC(O)(Cc1ccccc1)[C@@H](O)[C@@](O)(Cc1ccccc1)[C@H](O)[C@@H](O)CO. The first-order chi connectivity index (χ1) is 13.3. The molecule has 6 heteroatoms. The average molecular weight is 388 g/mol. The minimum atomic E-state index is -2.36. The van der Waals surface area contributed by atoms with Crippen molar-refractivity contribution in [1.29, 1.82) is 0 Å². The topological polar surface area (TPSA) is 121 Å². The van der Waals surface area contributed by atoms with Crippen LogP contribution in [0.1, 0.15) is 11.1 Å². The van der Waals surface area contributed by atoms with E-state index in [4.69, 9.17) is 0 Å². The summed E-state index contributed by atoms with van der Waals surface area (Å²) in [6.45, 7) is 2.76. The van der Waals surface area contributed by atoms with Crippen LogP contribution < -0.4 is 0 Å². The van der Waals surface area contributed by atoms with Crippen molar-refractivity contribution in [2.45, 2.75) is 42.4 Å². The van der Waals surface area contributed by atoms with E-state index < -0.39 is 36.1 Å². The summed E-state index contributed by atoms with van der Waals surface area (Å²) in [5.74, 6) is 0. The Balaban J connectivity index is 2.42. The predicted molar refractivity (Wildman–Crippen MR) is 105 cm³/mol. The molecule has 0 bridgehead atoms. The molecule has 0 spiro atoms. The first kappa shape index (κ1) is 22.2. The van der Waals surface area contributed by atoms with Crippen molar-refractivity contribution in [2.24, 2.45) is 0 Å². The molecule has 0 heterocycles. The number of rotatable bonds is 10. The highest BCUT2D eigenvalue weighted by Gasteiger charge is 2.53. The third kappa shape index (κ3) is 4.86. The monoisotopic (exact) mass is 388 g/mol. The van der Waals surface area contributed by atoms with Gasteiger partial charge >= 0.3 is 0 Å². The van der Waals surface area contributed by atoms with Gasteiger partial charge < -0.3 is 30.6 Å². The molecule has 0 radical (unpaired) electrons. The highest BCUT2D eigenvalue weighted by atomic mass is 16.4. The molecule has 0 saturated carbocycles. The molecule has 0 fully saturated rings. The summed E-state index contributed by atoms with van der Waals surface area (Å²) in [4.78, 5) is 0. The summed E-state index contributed by atoms with van der Waals surface area (Å²) in [5.41, 5.74) is -3.11. The molecule has 152 valence electrons. The molecule has 1 unspecified atom stereocenters. The number of hydrogen-bond acceptors (Lipinski definition) is 6. The molecular weight excluding hydrogens is 360 g/mol. The van der Waals surface area contributed by atoms with Crippen molar-refractivity contribution in [3.05, 3.63) is 84.4 Å². The van der Waals surface area contributed by atoms with Gasteiger partial charge in [-0.05, 0) is 11.1 Å². The maximum atomic E-state index is 11.3. The van der Waals surface area contributed by atoms with Gasteiger partial charge in [0.05, 0.1) is 6.61 Å². The summed E-state index contributed by atoms with van der Waals surface area (Å²) in [5, 5.41) is 63.0. The van der Waals surface area contributed by atoms with E-state index >= 15 is 0 Å². The second-order valence-corrected chi connectivity index (χ2v) is 7.11. The Hall–Kier alpha value is -2.06. The van der Waals surface area contributed by atoms with Crippen LogP contribution in [-0.2, 0) is 12.8 Å². The minimum Gasteiger partial charge on any atom is -0.394 e. The van der Waals surface area contributed by atoms with Gasteiger partial charge in [0, 0.05) is 12.8 Å². The molecule has 28 heavy (non-hydrogen) atoms. The van der Waals surface area contributed by atoms with E-state index in [2.05, 4.69) is 6.58 Å². The summed E-state index contributed by atoms with van der Waals surface area (Å²) >= 11 is 0. The molecule has 6 nitrogen and oxygen atoms in total. The molecular formula is C22H28O6. The lowest BCUT2D eigenvalue weighted by Gasteiger charge is -2.45. The quantitative estimate of drug-likeness (QED) is 0.323. The maximum absolute atomic E-state index is 11.3. The first-order valence-corrected chi connectivity index (χ1v) is 9.08. The smallest absolute Gasteiger partial charge is 0.126 e.